The van der Waals surface area contributed by atoms with Gasteiger partial charge >= 0.3 is 5.97 Å². The minimum atomic E-state index is -1.30. The van der Waals surface area contributed by atoms with Crippen LogP contribution < -0.4 is 4.74 Å². The van der Waals surface area contributed by atoms with Crippen LogP contribution in [0.1, 0.15) is 23.2 Å². The van der Waals surface area contributed by atoms with Crippen LogP contribution in [-0.4, -0.2) is 22.6 Å². The van der Waals surface area contributed by atoms with Crippen LogP contribution in [0.3, 0.4) is 0 Å². The number of carbonyl (C=O) groups is 1. The zero-order valence-corrected chi connectivity index (χ0v) is 10.0. The molecule has 0 bridgehead atoms. The standard InChI is InChI=1S/C11H10ClNO5/c12-9-4-7(13(16)17)3-8(11(14)15)10(9)18-5-6-1-2-6/h3-4,6H,1-2,5H2,(H,14,15). The van der Waals surface area contributed by atoms with Crippen LogP contribution in [0, 0.1) is 16.0 Å². The summed E-state index contributed by atoms with van der Waals surface area (Å²) in [4.78, 5) is 21.0. The fourth-order valence-corrected chi connectivity index (χ4v) is 1.74. The fourth-order valence-electron chi connectivity index (χ4n) is 1.48. The molecule has 0 saturated heterocycles. The van der Waals surface area contributed by atoms with Gasteiger partial charge in [-0.1, -0.05) is 11.6 Å². The second kappa shape index (κ2) is 4.81. The Kier molecular flexibility index (Phi) is 3.38. The number of hydrogen-bond acceptors (Lipinski definition) is 4. The summed E-state index contributed by atoms with van der Waals surface area (Å²) in [7, 11) is 0. The number of nitrogens with zero attached hydrogens (tertiary/aromatic N) is 1. The molecule has 0 unspecified atom stereocenters. The first-order chi connectivity index (χ1) is 8.49. The van der Waals surface area contributed by atoms with Crippen molar-refractivity contribution in [2.45, 2.75) is 12.8 Å². The molecule has 1 aliphatic rings. The maximum atomic E-state index is 11.0. The first-order valence-corrected chi connectivity index (χ1v) is 5.71. The molecule has 0 atom stereocenters. The highest BCUT2D eigenvalue weighted by molar-refractivity contribution is 6.32. The van der Waals surface area contributed by atoms with Crippen LogP contribution in [0.5, 0.6) is 5.75 Å². The third kappa shape index (κ3) is 2.70. The molecule has 1 fully saturated rings. The average molecular weight is 272 g/mol. The molecule has 7 heteroatoms. The monoisotopic (exact) mass is 271 g/mol. The third-order valence-electron chi connectivity index (χ3n) is 2.63. The van der Waals surface area contributed by atoms with Crippen LogP contribution in [0.4, 0.5) is 5.69 Å². The van der Waals surface area contributed by atoms with E-state index in [9.17, 15) is 14.9 Å². The maximum Gasteiger partial charge on any atom is 0.339 e. The Labute approximate surface area is 107 Å². The van der Waals surface area contributed by atoms with Crippen molar-refractivity contribution in [3.63, 3.8) is 0 Å². The van der Waals surface area contributed by atoms with E-state index in [4.69, 9.17) is 21.4 Å². The van der Waals surface area contributed by atoms with Crippen LogP contribution in [-0.2, 0) is 0 Å². The third-order valence-corrected chi connectivity index (χ3v) is 2.91. The van der Waals surface area contributed by atoms with Gasteiger partial charge in [0.1, 0.15) is 5.56 Å². The number of halogens is 1. The molecule has 0 heterocycles. The lowest BCUT2D eigenvalue weighted by Crippen LogP contribution is -2.07. The summed E-state index contributed by atoms with van der Waals surface area (Å²) in [5, 5.41) is 19.6. The maximum absolute atomic E-state index is 11.0. The van der Waals surface area contributed by atoms with Gasteiger partial charge in [0.05, 0.1) is 16.6 Å². The van der Waals surface area contributed by atoms with Crippen molar-refractivity contribution < 1.29 is 19.6 Å². The molecule has 96 valence electrons. The molecule has 0 amide bonds. The number of aromatic carboxylic acids is 1. The van der Waals surface area contributed by atoms with Gasteiger partial charge in [0.15, 0.2) is 5.75 Å². The molecule has 18 heavy (non-hydrogen) atoms. The molecule has 1 saturated carbocycles. The Morgan fingerprint density at radius 2 is 2.22 bits per heavy atom. The SMILES string of the molecule is O=C(O)c1cc([N+](=O)[O-])cc(Cl)c1OCC1CC1. The Hall–Kier alpha value is -1.82. The van der Waals surface area contributed by atoms with Crippen LogP contribution in [0.15, 0.2) is 12.1 Å². The average Bonchev–Trinajstić information content (AvgIpc) is 3.09. The molecule has 0 spiro atoms. The first kappa shape index (κ1) is 12.6. The molecule has 6 nitrogen and oxygen atoms in total. The molecule has 0 aromatic heterocycles. The highest BCUT2D eigenvalue weighted by Crippen LogP contribution is 2.36. The lowest BCUT2D eigenvalue weighted by molar-refractivity contribution is -0.384. The molecule has 0 radical (unpaired) electrons. The van der Waals surface area contributed by atoms with Gasteiger partial charge in [0.25, 0.3) is 5.69 Å². The quantitative estimate of drug-likeness (QED) is 0.657. The number of non-ortho nitro benzene ring substituents is 1. The number of hydrogen-bond donors (Lipinski definition) is 1. The van der Waals surface area contributed by atoms with E-state index in [0.29, 0.717) is 12.5 Å². The molecule has 1 aliphatic carbocycles. The number of nitro groups is 1. The van der Waals surface area contributed by atoms with Gasteiger partial charge < -0.3 is 9.84 Å². The Morgan fingerprint density at radius 3 is 2.72 bits per heavy atom. The molecule has 2 rings (SSSR count). The normalized spacial score (nSPS) is 14.3. The fraction of sp³-hybridized carbons (Fsp3) is 0.364. The van der Waals surface area contributed by atoms with Crippen molar-refractivity contribution in [1.29, 1.82) is 0 Å². The Balaban J connectivity index is 2.35. The zero-order chi connectivity index (χ0) is 13.3. The largest absolute Gasteiger partial charge is 0.491 e. The molecule has 1 aromatic carbocycles. The van der Waals surface area contributed by atoms with E-state index in [1.807, 2.05) is 0 Å². The minimum absolute atomic E-state index is 0.00154. The number of nitro benzene ring substituents is 1. The van der Waals surface area contributed by atoms with Crippen molar-refractivity contribution in [3.8, 4) is 5.75 Å². The zero-order valence-electron chi connectivity index (χ0n) is 9.26. The highest BCUT2D eigenvalue weighted by Gasteiger charge is 2.25. The van der Waals surface area contributed by atoms with Gasteiger partial charge in [-0.2, -0.15) is 0 Å². The summed E-state index contributed by atoms with van der Waals surface area (Å²) < 4.78 is 5.35. The van der Waals surface area contributed by atoms with E-state index in [1.54, 1.807) is 0 Å². The number of benzene rings is 1. The summed E-state index contributed by atoms with van der Waals surface area (Å²) in [6.07, 6.45) is 2.10. The predicted molar refractivity (Wildman–Crippen MR) is 63.3 cm³/mol. The van der Waals surface area contributed by atoms with E-state index in [1.165, 1.54) is 0 Å². The van der Waals surface area contributed by atoms with Gasteiger partial charge in [-0.05, 0) is 18.8 Å². The topological polar surface area (TPSA) is 89.7 Å². The van der Waals surface area contributed by atoms with Crippen LogP contribution in [0.25, 0.3) is 0 Å². The number of ether oxygens (including phenoxy) is 1. The van der Waals surface area contributed by atoms with Gasteiger partial charge in [-0.15, -0.1) is 0 Å². The molecular weight excluding hydrogens is 262 g/mol. The predicted octanol–water partition coefficient (Wildman–Crippen LogP) is 2.74. The molecule has 1 N–H and O–H groups in total. The van der Waals surface area contributed by atoms with Gasteiger partial charge in [-0.25, -0.2) is 4.79 Å². The van der Waals surface area contributed by atoms with Gasteiger partial charge in [-0.3, -0.25) is 10.1 Å². The van der Waals surface area contributed by atoms with Crippen molar-refractivity contribution in [2.75, 3.05) is 6.61 Å². The Bertz CT molecular complexity index is 512. The van der Waals surface area contributed by atoms with Crippen molar-refractivity contribution in [3.05, 3.63) is 32.8 Å². The van der Waals surface area contributed by atoms with Gasteiger partial charge in [0, 0.05) is 12.1 Å². The van der Waals surface area contributed by atoms with Crippen molar-refractivity contribution in [2.24, 2.45) is 5.92 Å². The number of carboxylic acid groups (broad SMARTS) is 1. The first-order valence-electron chi connectivity index (χ1n) is 5.33. The second-order valence-corrected chi connectivity index (χ2v) is 4.53. The van der Waals surface area contributed by atoms with E-state index < -0.39 is 10.9 Å². The smallest absolute Gasteiger partial charge is 0.339 e. The van der Waals surface area contributed by atoms with E-state index >= 15 is 0 Å². The van der Waals surface area contributed by atoms with Crippen LogP contribution >= 0.6 is 11.6 Å². The van der Waals surface area contributed by atoms with E-state index in [-0.39, 0.29) is 22.0 Å². The van der Waals surface area contributed by atoms with Crippen molar-refractivity contribution >= 4 is 23.3 Å². The lowest BCUT2D eigenvalue weighted by Gasteiger charge is -2.10. The number of carboxylic acids is 1. The summed E-state index contributed by atoms with van der Waals surface area (Å²) in [5.41, 5.74) is -0.647. The van der Waals surface area contributed by atoms with Gasteiger partial charge in [0.2, 0.25) is 0 Å². The Morgan fingerprint density at radius 1 is 1.56 bits per heavy atom. The lowest BCUT2D eigenvalue weighted by atomic mass is 10.2. The summed E-state index contributed by atoms with van der Waals surface area (Å²) in [6, 6.07) is 2.05. The number of rotatable bonds is 5. The van der Waals surface area contributed by atoms with Crippen molar-refractivity contribution in [1.82, 2.24) is 0 Å². The second-order valence-electron chi connectivity index (χ2n) is 4.12. The highest BCUT2D eigenvalue weighted by atomic mass is 35.5. The molecule has 0 aliphatic heterocycles. The summed E-state index contributed by atoms with van der Waals surface area (Å²) >= 11 is 5.83. The summed E-state index contributed by atoms with van der Waals surface area (Å²) in [6.45, 7) is 0.387. The van der Waals surface area contributed by atoms with Crippen LogP contribution in [0.2, 0.25) is 5.02 Å². The van der Waals surface area contributed by atoms with E-state index in [2.05, 4.69) is 0 Å². The minimum Gasteiger partial charge on any atom is -0.491 e. The molecule has 1 aromatic rings. The molecular formula is C11H10ClNO5. The van der Waals surface area contributed by atoms with E-state index in [0.717, 1.165) is 25.0 Å². The summed E-state index contributed by atoms with van der Waals surface area (Å²) in [5.74, 6) is -0.869.